The number of amides is 1. The summed E-state index contributed by atoms with van der Waals surface area (Å²) in [7, 11) is 0. The predicted octanol–water partition coefficient (Wildman–Crippen LogP) is 1.12. The molecule has 1 unspecified atom stereocenters. The van der Waals surface area contributed by atoms with E-state index in [0.717, 1.165) is 23.5 Å². The molecule has 0 bridgehead atoms. The van der Waals surface area contributed by atoms with Gasteiger partial charge in [-0.2, -0.15) is 5.10 Å². The van der Waals surface area contributed by atoms with E-state index < -0.39 is 18.0 Å². The molecule has 1 amide bonds. The summed E-state index contributed by atoms with van der Waals surface area (Å²) in [6.07, 6.45) is -0.804. The Kier molecular flexibility index (Phi) is 5.30. The Morgan fingerprint density at radius 1 is 1.30 bits per heavy atom. The Morgan fingerprint density at radius 3 is 2.40 bits per heavy atom. The molecule has 0 saturated carbocycles. The van der Waals surface area contributed by atoms with Crippen LogP contribution in [0.1, 0.15) is 37.7 Å². The monoisotopic (exact) mass is 281 g/mol. The minimum absolute atomic E-state index is 0.105. The maximum Gasteiger partial charge on any atom is 0.311 e. The predicted molar refractivity (Wildman–Crippen MR) is 75.0 cm³/mol. The smallest absolute Gasteiger partial charge is 0.311 e. The molecule has 112 valence electrons. The van der Waals surface area contributed by atoms with Crippen LogP contribution in [0.5, 0.6) is 0 Å². The van der Waals surface area contributed by atoms with Crippen molar-refractivity contribution in [1.29, 1.82) is 0 Å². The topological polar surface area (TPSA) is 87.2 Å². The van der Waals surface area contributed by atoms with Crippen LogP contribution < -0.4 is 5.73 Å². The number of rotatable bonds is 6. The van der Waals surface area contributed by atoms with Crippen molar-refractivity contribution < 1.29 is 14.3 Å². The zero-order valence-corrected chi connectivity index (χ0v) is 12.8. The van der Waals surface area contributed by atoms with E-state index >= 15 is 0 Å². The summed E-state index contributed by atoms with van der Waals surface area (Å²) in [5, 5.41) is 4.43. The molecule has 0 aliphatic rings. The van der Waals surface area contributed by atoms with Crippen molar-refractivity contribution in [3.05, 3.63) is 17.0 Å². The number of aromatic nitrogens is 2. The maximum absolute atomic E-state index is 11.8. The van der Waals surface area contributed by atoms with Crippen LogP contribution in [0.2, 0.25) is 0 Å². The quantitative estimate of drug-likeness (QED) is 0.791. The molecule has 0 aliphatic carbocycles. The van der Waals surface area contributed by atoms with Gasteiger partial charge in [0.1, 0.15) is 0 Å². The van der Waals surface area contributed by atoms with Crippen LogP contribution in [0, 0.1) is 19.8 Å². The van der Waals surface area contributed by atoms with E-state index in [4.69, 9.17) is 10.5 Å². The zero-order valence-electron chi connectivity index (χ0n) is 12.8. The van der Waals surface area contributed by atoms with Crippen molar-refractivity contribution >= 4 is 11.9 Å². The van der Waals surface area contributed by atoms with Crippen molar-refractivity contribution in [3.8, 4) is 0 Å². The minimum Gasteiger partial charge on any atom is -0.452 e. The summed E-state index contributed by atoms with van der Waals surface area (Å²) in [4.78, 5) is 22.7. The summed E-state index contributed by atoms with van der Waals surface area (Å²) in [6, 6.07) is 0. The Morgan fingerprint density at radius 2 is 1.90 bits per heavy atom. The van der Waals surface area contributed by atoms with Gasteiger partial charge in [0.15, 0.2) is 6.10 Å². The molecule has 0 fully saturated rings. The fourth-order valence-electron chi connectivity index (χ4n) is 1.95. The van der Waals surface area contributed by atoms with Gasteiger partial charge in [0.05, 0.1) is 12.1 Å². The third-order valence-electron chi connectivity index (χ3n) is 3.10. The Hall–Kier alpha value is -1.85. The second-order valence-corrected chi connectivity index (χ2v) is 5.44. The van der Waals surface area contributed by atoms with Gasteiger partial charge >= 0.3 is 5.97 Å². The third kappa shape index (κ3) is 4.08. The maximum atomic E-state index is 11.8. The largest absolute Gasteiger partial charge is 0.452 e. The molecule has 2 N–H and O–H groups in total. The summed E-state index contributed by atoms with van der Waals surface area (Å²) in [6.45, 7) is 10.3. The number of hydrogen-bond donors (Lipinski definition) is 1. The molecule has 1 aromatic heterocycles. The number of nitrogens with two attached hydrogens (primary N) is 1. The minimum atomic E-state index is -0.908. The number of carbonyl (C=O) groups is 2. The molecule has 1 aromatic rings. The number of carbonyl (C=O) groups excluding carboxylic acids is 2. The van der Waals surface area contributed by atoms with Gasteiger partial charge in [0, 0.05) is 17.8 Å². The lowest BCUT2D eigenvalue weighted by Gasteiger charge is -2.10. The first-order valence-electron chi connectivity index (χ1n) is 6.74. The van der Waals surface area contributed by atoms with Crippen LogP contribution in [-0.4, -0.2) is 27.8 Å². The standard InChI is InChI=1S/C14H23N3O3/c1-8(2)7-17-10(4)12(9(3)16-17)6-13(18)20-11(5)14(15)19/h8,11H,6-7H2,1-5H3,(H2,15,19). The van der Waals surface area contributed by atoms with Crippen LogP contribution in [0.4, 0.5) is 0 Å². The molecule has 6 nitrogen and oxygen atoms in total. The average Bonchev–Trinajstić information content (AvgIpc) is 2.56. The van der Waals surface area contributed by atoms with Crippen LogP contribution in [0.3, 0.4) is 0 Å². The van der Waals surface area contributed by atoms with Gasteiger partial charge in [0.2, 0.25) is 0 Å². The number of ether oxygens (including phenoxy) is 1. The van der Waals surface area contributed by atoms with Gasteiger partial charge in [-0.1, -0.05) is 13.8 Å². The highest BCUT2D eigenvalue weighted by atomic mass is 16.5. The Balaban J connectivity index is 2.80. The molecule has 1 heterocycles. The van der Waals surface area contributed by atoms with E-state index in [-0.39, 0.29) is 6.42 Å². The second-order valence-electron chi connectivity index (χ2n) is 5.44. The van der Waals surface area contributed by atoms with E-state index in [1.165, 1.54) is 6.92 Å². The van der Waals surface area contributed by atoms with Gasteiger partial charge in [-0.05, 0) is 26.7 Å². The molecule has 0 radical (unpaired) electrons. The van der Waals surface area contributed by atoms with Crippen LogP contribution in [-0.2, 0) is 27.3 Å². The third-order valence-corrected chi connectivity index (χ3v) is 3.10. The van der Waals surface area contributed by atoms with E-state index in [1.807, 2.05) is 18.5 Å². The summed E-state index contributed by atoms with van der Waals surface area (Å²) in [5.41, 5.74) is 7.69. The number of aryl methyl sites for hydroxylation is 1. The summed E-state index contributed by atoms with van der Waals surface area (Å²) < 4.78 is 6.87. The van der Waals surface area contributed by atoms with Gasteiger partial charge in [-0.25, -0.2) is 0 Å². The molecule has 0 aromatic carbocycles. The molecule has 0 saturated heterocycles. The molecule has 0 spiro atoms. The number of nitrogens with zero attached hydrogens (tertiary/aromatic N) is 2. The van der Waals surface area contributed by atoms with E-state index in [2.05, 4.69) is 18.9 Å². The fourth-order valence-corrected chi connectivity index (χ4v) is 1.95. The lowest BCUT2D eigenvalue weighted by Crippen LogP contribution is -2.31. The van der Waals surface area contributed by atoms with Gasteiger partial charge in [-0.15, -0.1) is 0 Å². The van der Waals surface area contributed by atoms with Crippen molar-refractivity contribution in [1.82, 2.24) is 9.78 Å². The van der Waals surface area contributed by atoms with E-state index in [1.54, 1.807) is 0 Å². The van der Waals surface area contributed by atoms with E-state index in [9.17, 15) is 9.59 Å². The first-order valence-corrected chi connectivity index (χ1v) is 6.74. The molecule has 6 heteroatoms. The van der Waals surface area contributed by atoms with Gasteiger partial charge in [0.25, 0.3) is 5.91 Å². The van der Waals surface area contributed by atoms with Crippen molar-refractivity contribution in [2.75, 3.05) is 0 Å². The Labute approximate surface area is 119 Å². The second kappa shape index (κ2) is 6.54. The highest BCUT2D eigenvalue weighted by Gasteiger charge is 2.19. The number of hydrogen-bond acceptors (Lipinski definition) is 4. The summed E-state index contributed by atoms with van der Waals surface area (Å²) >= 11 is 0. The fraction of sp³-hybridized carbons (Fsp3) is 0.643. The molecule has 1 atom stereocenters. The van der Waals surface area contributed by atoms with Crippen LogP contribution in [0.25, 0.3) is 0 Å². The molecule has 0 aliphatic heterocycles. The highest BCUT2D eigenvalue weighted by molar-refractivity contribution is 5.82. The summed E-state index contributed by atoms with van der Waals surface area (Å²) in [5.74, 6) is -0.642. The Bertz CT molecular complexity index is 506. The van der Waals surface area contributed by atoms with Crippen LogP contribution in [0.15, 0.2) is 0 Å². The van der Waals surface area contributed by atoms with Crippen molar-refractivity contribution in [3.63, 3.8) is 0 Å². The number of esters is 1. The average molecular weight is 281 g/mol. The van der Waals surface area contributed by atoms with Gasteiger partial charge < -0.3 is 10.5 Å². The number of primary amides is 1. The first kappa shape index (κ1) is 16.2. The first-order chi connectivity index (χ1) is 9.22. The lowest BCUT2D eigenvalue weighted by atomic mass is 10.1. The molecule has 1 rings (SSSR count). The van der Waals surface area contributed by atoms with Crippen molar-refractivity contribution in [2.24, 2.45) is 11.7 Å². The van der Waals surface area contributed by atoms with Gasteiger partial charge in [-0.3, -0.25) is 14.3 Å². The molecular weight excluding hydrogens is 258 g/mol. The van der Waals surface area contributed by atoms with Crippen molar-refractivity contribution in [2.45, 2.75) is 53.7 Å². The SMILES string of the molecule is Cc1nn(CC(C)C)c(C)c1CC(=O)OC(C)C(N)=O. The normalized spacial score (nSPS) is 12.5. The lowest BCUT2D eigenvalue weighted by molar-refractivity contribution is -0.153. The highest BCUT2D eigenvalue weighted by Crippen LogP contribution is 2.16. The van der Waals surface area contributed by atoms with Crippen LogP contribution >= 0.6 is 0 Å². The molecule has 20 heavy (non-hydrogen) atoms. The zero-order chi connectivity index (χ0) is 15.4. The molecular formula is C14H23N3O3. The van der Waals surface area contributed by atoms with E-state index in [0.29, 0.717) is 5.92 Å².